The van der Waals surface area contributed by atoms with Gasteiger partial charge in [0.05, 0.1) is 30.6 Å². The van der Waals surface area contributed by atoms with Crippen LogP contribution in [0.15, 0.2) is 53.7 Å². The first-order valence-electron chi connectivity index (χ1n) is 12.5. The fourth-order valence-corrected chi connectivity index (χ4v) is 5.52. The number of aryl methyl sites for hydroxylation is 1. The average molecular weight is 490 g/mol. The van der Waals surface area contributed by atoms with E-state index in [1.807, 2.05) is 35.8 Å². The van der Waals surface area contributed by atoms with E-state index in [-0.39, 0.29) is 23.5 Å². The molecule has 8 heteroatoms. The van der Waals surface area contributed by atoms with Crippen molar-refractivity contribution >= 4 is 16.7 Å². The Morgan fingerprint density at radius 1 is 1.14 bits per heavy atom. The number of para-hydroxylation sites is 2. The second-order valence-corrected chi connectivity index (χ2v) is 9.78. The van der Waals surface area contributed by atoms with Gasteiger partial charge in [-0.2, -0.15) is 0 Å². The van der Waals surface area contributed by atoms with Crippen LogP contribution in [0.1, 0.15) is 55.5 Å². The Hall–Kier alpha value is -3.68. The Morgan fingerprint density at radius 3 is 2.58 bits per heavy atom. The largest absolute Gasteiger partial charge is 0.494 e. The Morgan fingerprint density at radius 2 is 1.89 bits per heavy atom. The van der Waals surface area contributed by atoms with Crippen molar-refractivity contribution in [3.8, 4) is 5.75 Å². The number of imidazole rings is 1. The number of hydrogen-bond donors (Lipinski definition) is 0. The maximum atomic E-state index is 14.6. The molecule has 188 valence electrons. The molecule has 1 aliphatic rings. The van der Waals surface area contributed by atoms with Crippen LogP contribution < -0.4 is 15.3 Å². The van der Waals surface area contributed by atoms with Crippen molar-refractivity contribution in [1.29, 1.82) is 0 Å². The van der Waals surface area contributed by atoms with Gasteiger partial charge in [0, 0.05) is 30.9 Å². The zero-order chi connectivity index (χ0) is 25.4. The molecule has 0 spiro atoms. The molecule has 0 bridgehead atoms. The molecule has 7 nitrogen and oxygen atoms in total. The monoisotopic (exact) mass is 489 g/mol. The van der Waals surface area contributed by atoms with Gasteiger partial charge in [-0.3, -0.25) is 9.13 Å². The predicted molar refractivity (Wildman–Crippen MR) is 140 cm³/mol. The third-order valence-electron chi connectivity index (χ3n) is 7.20. The SMILES string of the molecule is COc1cccc2c1n(Cc1cncnc1C(C)C)c(=O)n2C1CCN(c2c(C)cccc2F)CC1. The fourth-order valence-electron chi connectivity index (χ4n) is 5.52. The molecule has 1 aliphatic heterocycles. The van der Waals surface area contributed by atoms with Crippen molar-refractivity contribution < 1.29 is 9.13 Å². The third-order valence-corrected chi connectivity index (χ3v) is 7.20. The van der Waals surface area contributed by atoms with Gasteiger partial charge < -0.3 is 9.64 Å². The number of hydrogen-bond acceptors (Lipinski definition) is 5. The highest BCUT2D eigenvalue weighted by Gasteiger charge is 2.28. The summed E-state index contributed by atoms with van der Waals surface area (Å²) in [5, 5.41) is 0. The third kappa shape index (κ3) is 4.14. The van der Waals surface area contributed by atoms with E-state index in [2.05, 4.69) is 28.7 Å². The van der Waals surface area contributed by atoms with E-state index >= 15 is 0 Å². The maximum Gasteiger partial charge on any atom is 0.329 e. The normalized spacial score (nSPS) is 14.7. The molecule has 0 atom stereocenters. The van der Waals surface area contributed by atoms with Gasteiger partial charge >= 0.3 is 5.69 Å². The van der Waals surface area contributed by atoms with E-state index < -0.39 is 0 Å². The zero-order valence-corrected chi connectivity index (χ0v) is 21.2. The molecule has 0 N–H and O–H groups in total. The summed E-state index contributed by atoms with van der Waals surface area (Å²) in [4.78, 5) is 24.8. The topological polar surface area (TPSA) is 65.2 Å². The van der Waals surface area contributed by atoms with Gasteiger partial charge in [0.25, 0.3) is 0 Å². The van der Waals surface area contributed by atoms with Crippen LogP contribution in [0.5, 0.6) is 5.75 Å². The summed E-state index contributed by atoms with van der Waals surface area (Å²) in [7, 11) is 1.63. The van der Waals surface area contributed by atoms with E-state index in [0.29, 0.717) is 31.1 Å². The van der Waals surface area contributed by atoms with Crippen LogP contribution in [0.4, 0.5) is 10.1 Å². The van der Waals surface area contributed by atoms with Gasteiger partial charge in [-0.05, 0) is 49.4 Å². The molecular weight excluding hydrogens is 457 g/mol. The number of anilines is 1. The Kier molecular flexibility index (Phi) is 6.51. The predicted octanol–water partition coefficient (Wildman–Crippen LogP) is 5.06. The van der Waals surface area contributed by atoms with Gasteiger partial charge in [0.2, 0.25) is 0 Å². The lowest BCUT2D eigenvalue weighted by Gasteiger charge is -2.35. The summed E-state index contributed by atoms with van der Waals surface area (Å²) in [5.74, 6) is 0.670. The van der Waals surface area contributed by atoms with Crippen molar-refractivity contribution in [2.45, 2.75) is 52.1 Å². The zero-order valence-electron chi connectivity index (χ0n) is 21.2. The number of benzene rings is 2. The molecule has 36 heavy (non-hydrogen) atoms. The van der Waals surface area contributed by atoms with Crippen LogP contribution in [0.25, 0.3) is 11.0 Å². The Bertz CT molecular complexity index is 1430. The van der Waals surface area contributed by atoms with E-state index in [0.717, 1.165) is 40.7 Å². The summed E-state index contributed by atoms with van der Waals surface area (Å²) >= 11 is 0. The molecule has 0 radical (unpaired) electrons. The molecule has 0 aliphatic carbocycles. The van der Waals surface area contributed by atoms with Crippen molar-refractivity contribution in [3.05, 3.63) is 82.0 Å². The molecule has 0 unspecified atom stereocenters. The van der Waals surface area contributed by atoms with E-state index in [4.69, 9.17) is 4.74 Å². The van der Waals surface area contributed by atoms with Crippen LogP contribution in [-0.4, -0.2) is 39.3 Å². The number of methoxy groups -OCH3 is 1. The smallest absolute Gasteiger partial charge is 0.329 e. The summed E-state index contributed by atoms with van der Waals surface area (Å²) in [6.45, 7) is 7.84. The highest BCUT2D eigenvalue weighted by Crippen LogP contribution is 2.34. The molecule has 0 saturated carbocycles. The maximum absolute atomic E-state index is 14.6. The van der Waals surface area contributed by atoms with Crippen molar-refractivity contribution in [2.24, 2.45) is 0 Å². The van der Waals surface area contributed by atoms with Crippen LogP contribution in [0, 0.1) is 12.7 Å². The van der Waals surface area contributed by atoms with Gasteiger partial charge in [0.1, 0.15) is 23.4 Å². The number of rotatable bonds is 6. The van der Waals surface area contributed by atoms with Crippen LogP contribution in [0.2, 0.25) is 0 Å². The molecule has 1 saturated heterocycles. The lowest BCUT2D eigenvalue weighted by molar-refractivity contribution is 0.390. The van der Waals surface area contributed by atoms with Crippen molar-refractivity contribution in [2.75, 3.05) is 25.1 Å². The second kappa shape index (κ2) is 9.76. The van der Waals surface area contributed by atoms with Gasteiger partial charge in [-0.15, -0.1) is 0 Å². The molecular formula is C28H32FN5O2. The Balaban J connectivity index is 1.54. The molecule has 2 aromatic carbocycles. The second-order valence-electron chi connectivity index (χ2n) is 9.78. The number of fused-ring (bicyclic) bond motifs is 1. The van der Waals surface area contributed by atoms with Crippen LogP contribution in [-0.2, 0) is 6.54 Å². The fraction of sp³-hybridized carbons (Fsp3) is 0.393. The highest BCUT2D eigenvalue weighted by atomic mass is 19.1. The molecule has 5 rings (SSSR count). The first-order chi connectivity index (χ1) is 17.4. The summed E-state index contributed by atoms with van der Waals surface area (Å²) in [6.07, 6.45) is 4.84. The number of halogens is 1. The van der Waals surface area contributed by atoms with Gasteiger partial charge in [-0.25, -0.2) is 19.2 Å². The van der Waals surface area contributed by atoms with Crippen molar-refractivity contribution in [1.82, 2.24) is 19.1 Å². The highest BCUT2D eigenvalue weighted by molar-refractivity contribution is 5.83. The molecule has 2 aromatic heterocycles. The number of piperidine rings is 1. The summed E-state index contributed by atoms with van der Waals surface area (Å²) in [6, 6.07) is 11.0. The molecule has 4 aromatic rings. The standard InChI is InChI=1S/C28H32FN5O2/c1-18(2)25-20(15-30-17-31-25)16-33-27-23(9-6-10-24(27)36-4)34(28(33)35)21-11-13-32(14-12-21)26-19(3)7-5-8-22(26)29/h5-10,15,17-18,21H,11-14,16H2,1-4H3. The molecule has 0 amide bonds. The molecule has 1 fully saturated rings. The minimum absolute atomic E-state index is 0.00767. The van der Waals surface area contributed by atoms with E-state index in [9.17, 15) is 9.18 Å². The van der Waals surface area contributed by atoms with Crippen LogP contribution in [0.3, 0.4) is 0 Å². The minimum atomic E-state index is -0.196. The number of ether oxygens (including phenoxy) is 1. The minimum Gasteiger partial charge on any atom is -0.494 e. The van der Waals surface area contributed by atoms with E-state index in [1.54, 1.807) is 30.3 Å². The summed E-state index contributed by atoms with van der Waals surface area (Å²) < 4.78 is 24.0. The lowest BCUT2D eigenvalue weighted by atomic mass is 10.0. The Labute approximate surface area is 210 Å². The van der Waals surface area contributed by atoms with Gasteiger partial charge in [-0.1, -0.05) is 32.0 Å². The first kappa shape index (κ1) is 24.0. The lowest BCUT2D eigenvalue weighted by Crippen LogP contribution is -2.38. The summed E-state index contributed by atoms with van der Waals surface area (Å²) in [5.41, 5.74) is 4.99. The quantitative estimate of drug-likeness (QED) is 0.379. The van der Waals surface area contributed by atoms with Crippen molar-refractivity contribution in [3.63, 3.8) is 0 Å². The van der Waals surface area contributed by atoms with E-state index in [1.165, 1.54) is 6.07 Å². The number of aromatic nitrogens is 4. The average Bonchev–Trinajstić information content (AvgIpc) is 3.15. The number of nitrogens with zero attached hydrogens (tertiary/aromatic N) is 5. The van der Waals surface area contributed by atoms with Gasteiger partial charge in [0.15, 0.2) is 0 Å². The van der Waals surface area contributed by atoms with Crippen LogP contribution >= 0.6 is 0 Å². The first-order valence-corrected chi connectivity index (χ1v) is 12.5. The molecule has 3 heterocycles.